The number of halogens is 2. The van der Waals surface area contributed by atoms with Crippen LogP contribution in [0.25, 0.3) is 0 Å². The minimum Gasteiger partial charge on any atom is -1.00 e. The van der Waals surface area contributed by atoms with Gasteiger partial charge in [-0.05, 0) is 0 Å². The fraction of sp³-hybridized carbons (Fsp3) is 0.600. The van der Waals surface area contributed by atoms with Crippen LogP contribution in [0.15, 0.2) is 48.6 Å². The van der Waals surface area contributed by atoms with E-state index in [-0.39, 0.29) is 48.0 Å². The van der Waals surface area contributed by atoms with Crippen LogP contribution in [0.5, 0.6) is 0 Å². The van der Waals surface area contributed by atoms with Crippen molar-refractivity contribution in [1.29, 1.82) is 0 Å². The molecule has 4 aliphatic carbocycles. The standard InChI is InChI=1S/2C9H11.C2H6.2ClH.Zr/c2*1-2-5-9-7-3-6-8(9)4-1;1-2;;;/h2*1-2,4-6,8-9H,3,7H2;1-2H3;2*1H;/q;;;;;+2/p-2. The van der Waals surface area contributed by atoms with Crippen molar-refractivity contribution in [2.24, 2.45) is 23.7 Å². The van der Waals surface area contributed by atoms with Crippen LogP contribution in [-0.4, -0.2) is 0 Å². The molecule has 0 N–H and O–H groups in total. The zero-order valence-electron chi connectivity index (χ0n) is 14.2. The Morgan fingerprint density at radius 3 is 1.43 bits per heavy atom. The summed E-state index contributed by atoms with van der Waals surface area (Å²) in [7, 11) is 0. The van der Waals surface area contributed by atoms with E-state index < -0.39 is 0 Å². The van der Waals surface area contributed by atoms with Gasteiger partial charge in [-0.1, -0.05) is 13.8 Å². The molecule has 4 aliphatic rings. The maximum atomic E-state index is 2.53. The molecule has 0 aromatic carbocycles. The maximum absolute atomic E-state index is 2.53. The van der Waals surface area contributed by atoms with Gasteiger partial charge in [0.1, 0.15) is 0 Å². The van der Waals surface area contributed by atoms with E-state index in [0.29, 0.717) is 0 Å². The van der Waals surface area contributed by atoms with Crippen molar-refractivity contribution in [3.05, 3.63) is 48.6 Å². The summed E-state index contributed by atoms with van der Waals surface area (Å²) in [6.45, 7) is 4.00. The predicted molar refractivity (Wildman–Crippen MR) is 87.8 cm³/mol. The molecular weight excluding hydrogens is 402 g/mol. The van der Waals surface area contributed by atoms with Crippen LogP contribution >= 0.6 is 0 Å². The fourth-order valence-corrected chi connectivity index (χ4v) is 10.4. The van der Waals surface area contributed by atoms with Crippen LogP contribution in [0.3, 0.4) is 0 Å². The SMILES string of the molecule is C1=CC2CC[CH]([Zr+2][CH]3CCC4C=CC=CC43)C2C=C1.CC.[Cl-].[Cl-]. The molecule has 0 bridgehead atoms. The molecule has 2 saturated carbocycles. The van der Waals surface area contributed by atoms with Gasteiger partial charge in [0.2, 0.25) is 0 Å². The molecule has 0 amide bonds. The molecule has 23 heavy (non-hydrogen) atoms. The first-order valence-corrected chi connectivity index (χ1v) is 11.7. The third kappa shape index (κ3) is 4.74. The van der Waals surface area contributed by atoms with Crippen molar-refractivity contribution in [2.45, 2.75) is 46.8 Å². The zero-order chi connectivity index (χ0) is 14.7. The van der Waals surface area contributed by atoms with Gasteiger partial charge in [-0.2, -0.15) is 0 Å². The second-order valence-corrected chi connectivity index (χ2v) is 11.0. The van der Waals surface area contributed by atoms with E-state index in [1.54, 1.807) is 0 Å². The van der Waals surface area contributed by atoms with E-state index in [9.17, 15) is 0 Å². The molecule has 0 aromatic rings. The van der Waals surface area contributed by atoms with Gasteiger partial charge in [0.25, 0.3) is 0 Å². The van der Waals surface area contributed by atoms with Crippen LogP contribution in [0.2, 0.25) is 7.25 Å². The topological polar surface area (TPSA) is 0 Å². The molecule has 0 heterocycles. The van der Waals surface area contributed by atoms with Crippen LogP contribution in [0.4, 0.5) is 0 Å². The number of hydrogen-bond acceptors (Lipinski definition) is 0. The smallest absolute Gasteiger partial charge is 0.0683 e. The van der Waals surface area contributed by atoms with Crippen molar-refractivity contribution < 1.29 is 48.0 Å². The van der Waals surface area contributed by atoms with E-state index in [4.69, 9.17) is 0 Å². The largest absolute Gasteiger partial charge is 1.00 e. The Morgan fingerprint density at radius 1 is 0.609 bits per heavy atom. The van der Waals surface area contributed by atoms with Gasteiger partial charge in [-0.25, -0.2) is 0 Å². The summed E-state index contributed by atoms with van der Waals surface area (Å²) in [4.78, 5) is 0. The Balaban J connectivity index is 0.000000638. The first-order valence-electron chi connectivity index (χ1n) is 8.88. The molecule has 4 rings (SSSR count). The maximum Gasteiger partial charge on any atom is -0.0683 e. The van der Waals surface area contributed by atoms with Gasteiger partial charge >= 0.3 is 128 Å². The molecule has 2 fully saturated rings. The summed E-state index contributed by atoms with van der Waals surface area (Å²) >= 11 is -0.253. The van der Waals surface area contributed by atoms with Gasteiger partial charge < -0.3 is 24.8 Å². The third-order valence-electron chi connectivity index (χ3n) is 5.57. The molecule has 6 atom stereocenters. The first kappa shape index (κ1) is 21.5. The van der Waals surface area contributed by atoms with Crippen LogP contribution in [0, 0.1) is 23.7 Å². The average molecular weight is 431 g/mol. The molecule has 126 valence electrons. The van der Waals surface area contributed by atoms with E-state index in [0.717, 1.165) is 30.9 Å². The zero-order valence-corrected chi connectivity index (χ0v) is 18.1. The van der Waals surface area contributed by atoms with Gasteiger partial charge in [-0.15, -0.1) is 0 Å². The number of allylic oxidation sites excluding steroid dienone is 8. The minimum absolute atomic E-state index is 0. The second kappa shape index (κ2) is 10.4. The Hall–Kier alpha value is 0.423. The Morgan fingerprint density at radius 2 is 1.00 bits per heavy atom. The van der Waals surface area contributed by atoms with Crippen LogP contribution in [-0.2, 0) is 23.2 Å². The van der Waals surface area contributed by atoms with E-state index in [1.807, 2.05) is 13.8 Å². The van der Waals surface area contributed by atoms with E-state index >= 15 is 0 Å². The molecule has 0 saturated heterocycles. The quantitative estimate of drug-likeness (QED) is 0.578. The van der Waals surface area contributed by atoms with E-state index in [1.165, 1.54) is 25.7 Å². The molecule has 0 radical (unpaired) electrons. The van der Waals surface area contributed by atoms with Crippen molar-refractivity contribution in [2.75, 3.05) is 0 Å². The second-order valence-electron chi connectivity index (χ2n) is 6.56. The molecule has 0 spiro atoms. The molecule has 3 heteroatoms. The van der Waals surface area contributed by atoms with Crippen LogP contribution < -0.4 is 24.8 Å². The molecule has 0 nitrogen and oxygen atoms in total. The molecule has 0 aliphatic heterocycles. The average Bonchev–Trinajstić information content (AvgIpc) is 3.15. The number of rotatable bonds is 2. The summed E-state index contributed by atoms with van der Waals surface area (Å²) in [6, 6.07) is 0. The summed E-state index contributed by atoms with van der Waals surface area (Å²) in [6.07, 6.45) is 25.2. The van der Waals surface area contributed by atoms with Crippen molar-refractivity contribution in [3.63, 3.8) is 0 Å². The van der Waals surface area contributed by atoms with Crippen molar-refractivity contribution in [1.82, 2.24) is 0 Å². The molecule has 0 aromatic heterocycles. The number of fused-ring (bicyclic) bond motifs is 2. The van der Waals surface area contributed by atoms with Gasteiger partial charge in [-0.3, -0.25) is 0 Å². The fourth-order valence-electron chi connectivity index (χ4n) is 4.58. The van der Waals surface area contributed by atoms with Gasteiger partial charge in [0.15, 0.2) is 0 Å². The van der Waals surface area contributed by atoms with Crippen molar-refractivity contribution >= 4 is 0 Å². The van der Waals surface area contributed by atoms with E-state index in [2.05, 4.69) is 48.6 Å². The Labute approximate surface area is 166 Å². The first-order chi connectivity index (χ1) is 10.4. The summed E-state index contributed by atoms with van der Waals surface area (Å²) in [5.41, 5.74) is 0. The Kier molecular flexibility index (Phi) is 9.73. The molecular formula is C20H28Cl2Zr. The van der Waals surface area contributed by atoms with Gasteiger partial charge in [0.05, 0.1) is 0 Å². The minimum atomic E-state index is -0.253. The van der Waals surface area contributed by atoms with Crippen LogP contribution in [0.1, 0.15) is 39.5 Å². The number of hydrogen-bond donors (Lipinski definition) is 0. The monoisotopic (exact) mass is 428 g/mol. The Bertz CT molecular complexity index is 424. The summed E-state index contributed by atoms with van der Waals surface area (Å²) < 4.78 is 2.25. The third-order valence-corrected chi connectivity index (χ3v) is 11.0. The predicted octanol–water partition coefficient (Wildman–Crippen LogP) is -0.0155. The van der Waals surface area contributed by atoms with Gasteiger partial charge in [0, 0.05) is 0 Å². The van der Waals surface area contributed by atoms with Crippen molar-refractivity contribution in [3.8, 4) is 0 Å². The molecule has 6 unspecified atom stereocenters. The normalized spacial score (nSPS) is 38.3. The summed E-state index contributed by atoms with van der Waals surface area (Å²) in [5.74, 6) is 3.65. The summed E-state index contributed by atoms with van der Waals surface area (Å²) in [5, 5.41) is 0.